The largest absolute Gasteiger partial charge is 0.377 e. The number of hydrogen-bond acceptors (Lipinski definition) is 1. The molecule has 0 radical (unpaired) electrons. The molecule has 0 saturated carbocycles. The molecule has 1 aliphatic heterocycles. The molecule has 0 aromatic rings. The Balaban J connectivity index is 2.69. The zero-order valence-corrected chi connectivity index (χ0v) is 7.39. The maximum absolute atomic E-state index is 2.32. The lowest BCUT2D eigenvalue weighted by atomic mass is 9.92. The second-order valence-electron chi connectivity index (χ2n) is 3.56. The quantitative estimate of drug-likeness (QED) is 0.497. The van der Waals surface area contributed by atoms with E-state index in [4.69, 9.17) is 0 Å². The van der Waals surface area contributed by atoms with Crippen LogP contribution in [0.4, 0.5) is 0 Å². The molecule has 0 saturated heterocycles. The molecule has 0 amide bonds. The van der Waals surface area contributed by atoms with Gasteiger partial charge in [0.25, 0.3) is 0 Å². The van der Waals surface area contributed by atoms with Crippen LogP contribution < -0.4 is 0 Å². The standard InChI is InChI=1S/C9H17N/c1-7-5-8(2)9(3)10(4)6-7/h6,8-9H,5H2,1-4H3/t8-,9+/m0/s1. The Bertz CT molecular complexity index is 149. The summed E-state index contributed by atoms with van der Waals surface area (Å²) < 4.78 is 0. The highest BCUT2D eigenvalue weighted by atomic mass is 15.1. The third-order valence-corrected chi connectivity index (χ3v) is 2.53. The molecule has 2 atom stereocenters. The van der Waals surface area contributed by atoms with Gasteiger partial charge >= 0.3 is 0 Å². The van der Waals surface area contributed by atoms with Crippen LogP contribution in [0.15, 0.2) is 11.8 Å². The number of nitrogens with zero attached hydrogens (tertiary/aromatic N) is 1. The number of hydrogen-bond donors (Lipinski definition) is 0. The van der Waals surface area contributed by atoms with E-state index in [0.717, 1.165) is 5.92 Å². The average Bonchev–Trinajstić information content (AvgIpc) is 1.82. The fraction of sp³-hybridized carbons (Fsp3) is 0.778. The van der Waals surface area contributed by atoms with Gasteiger partial charge in [0.1, 0.15) is 0 Å². The average molecular weight is 139 g/mol. The highest BCUT2D eigenvalue weighted by molar-refractivity contribution is 5.04. The Hall–Kier alpha value is -0.460. The van der Waals surface area contributed by atoms with Gasteiger partial charge in [0.15, 0.2) is 0 Å². The zero-order chi connectivity index (χ0) is 7.72. The Morgan fingerprint density at radius 2 is 2.10 bits per heavy atom. The predicted octanol–water partition coefficient (Wildman–Crippen LogP) is 2.25. The second-order valence-corrected chi connectivity index (χ2v) is 3.56. The normalized spacial score (nSPS) is 34.0. The second kappa shape index (κ2) is 2.65. The van der Waals surface area contributed by atoms with Crippen LogP contribution in [-0.4, -0.2) is 18.0 Å². The van der Waals surface area contributed by atoms with Crippen LogP contribution in [0.2, 0.25) is 0 Å². The van der Waals surface area contributed by atoms with Crippen molar-refractivity contribution in [1.82, 2.24) is 4.90 Å². The molecule has 0 aliphatic carbocycles. The van der Waals surface area contributed by atoms with Gasteiger partial charge in [0, 0.05) is 13.1 Å². The highest BCUT2D eigenvalue weighted by Gasteiger charge is 2.19. The molecule has 0 N–H and O–H groups in total. The summed E-state index contributed by atoms with van der Waals surface area (Å²) in [6, 6.07) is 0.712. The van der Waals surface area contributed by atoms with E-state index in [0.29, 0.717) is 6.04 Å². The molecule has 1 heterocycles. The maximum atomic E-state index is 2.32. The lowest BCUT2D eigenvalue weighted by molar-refractivity contribution is 0.242. The zero-order valence-electron chi connectivity index (χ0n) is 7.39. The van der Waals surface area contributed by atoms with Crippen molar-refractivity contribution in [1.29, 1.82) is 0 Å². The minimum Gasteiger partial charge on any atom is -0.377 e. The van der Waals surface area contributed by atoms with Gasteiger partial charge in [-0.25, -0.2) is 0 Å². The molecule has 0 fully saturated rings. The van der Waals surface area contributed by atoms with Crippen LogP contribution in [-0.2, 0) is 0 Å². The van der Waals surface area contributed by atoms with E-state index in [2.05, 4.69) is 38.9 Å². The van der Waals surface area contributed by atoms with E-state index in [9.17, 15) is 0 Å². The maximum Gasteiger partial charge on any atom is 0.0281 e. The Labute approximate surface area is 63.7 Å². The number of rotatable bonds is 0. The van der Waals surface area contributed by atoms with Gasteiger partial charge in [-0.3, -0.25) is 0 Å². The Kier molecular flexibility index (Phi) is 2.02. The van der Waals surface area contributed by atoms with E-state index >= 15 is 0 Å². The molecule has 0 spiro atoms. The summed E-state index contributed by atoms with van der Waals surface area (Å²) >= 11 is 0. The summed E-state index contributed by atoms with van der Waals surface area (Å²) in [6.07, 6.45) is 3.52. The van der Waals surface area contributed by atoms with Gasteiger partial charge in [-0.2, -0.15) is 0 Å². The summed E-state index contributed by atoms with van der Waals surface area (Å²) in [4.78, 5) is 2.31. The molecule has 1 aliphatic rings. The van der Waals surface area contributed by atoms with Crippen molar-refractivity contribution in [3.05, 3.63) is 11.8 Å². The van der Waals surface area contributed by atoms with Crippen LogP contribution >= 0.6 is 0 Å². The van der Waals surface area contributed by atoms with Crippen molar-refractivity contribution in [2.24, 2.45) is 5.92 Å². The fourth-order valence-corrected chi connectivity index (χ4v) is 1.60. The molecule has 0 aromatic carbocycles. The Morgan fingerprint density at radius 3 is 2.60 bits per heavy atom. The highest BCUT2D eigenvalue weighted by Crippen LogP contribution is 2.23. The molecule has 1 nitrogen and oxygen atoms in total. The summed E-state index contributed by atoms with van der Waals surface area (Å²) in [5, 5.41) is 0. The fourth-order valence-electron chi connectivity index (χ4n) is 1.60. The van der Waals surface area contributed by atoms with Crippen molar-refractivity contribution in [3.8, 4) is 0 Å². The third-order valence-electron chi connectivity index (χ3n) is 2.53. The van der Waals surface area contributed by atoms with E-state index < -0.39 is 0 Å². The summed E-state index contributed by atoms with van der Waals surface area (Å²) in [6.45, 7) is 6.81. The molecule has 0 bridgehead atoms. The monoisotopic (exact) mass is 139 g/mol. The van der Waals surface area contributed by atoms with Crippen molar-refractivity contribution in [2.75, 3.05) is 7.05 Å². The lowest BCUT2D eigenvalue weighted by Gasteiger charge is -2.34. The van der Waals surface area contributed by atoms with Gasteiger partial charge in [-0.1, -0.05) is 12.5 Å². The van der Waals surface area contributed by atoms with Crippen LogP contribution in [0.1, 0.15) is 27.2 Å². The van der Waals surface area contributed by atoms with Gasteiger partial charge in [-0.15, -0.1) is 0 Å². The van der Waals surface area contributed by atoms with Gasteiger partial charge in [0.2, 0.25) is 0 Å². The summed E-state index contributed by atoms with van der Waals surface area (Å²) in [7, 11) is 2.16. The first kappa shape index (κ1) is 7.64. The SMILES string of the molecule is CC1=CN(C)[C@H](C)[C@@H](C)C1. The summed E-state index contributed by atoms with van der Waals surface area (Å²) in [5.41, 5.74) is 1.51. The first-order valence-electron chi connectivity index (χ1n) is 4.00. The first-order chi connectivity index (χ1) is 4.61. The first-order valence-corrected chi connectivity index (χ1v) is 4.00. The van der Waals surface area contributed by atoms with E-state index in [1.807, 2.05) is 0 Å². The lowest BCUT2D eigenvalue weighted by Crippen LogP contribution is -2.33. The van der Waals surface area contributed by atoms with E-state index in [-0.39, 0.29) is 0 Å². The Morgan fingerprint density at radius 1 is 1.50 bits per heavy atom. The molecule has 1 heteroatoms. The van der Waals surface area contributed by atoms with Gasteiger partial charge in [0.05, 0.1) is 0 Å². The van der Waals surface area contributed by atoms with Crippen LogP contribution in [0.25, 0.3) is 0 Å². The minimum absolute atomic E-state index is 0.712. The van der Waals surface area contributed by atoms with Crippen molar-refractivity contribution >= 4 is 0 Å². The molecular formula is C9H17N. The molecular weight excluding hydrogens is 122 g/mol. The van der Waals surface area contributed by atoms with Crippen molar-refractivity contribution in [2.45, 2.75) is 33.2 Å². The van der Waals surface area contributed by atoms with Gasteiger partial charge < -0.3 is 4.90 Å². The van der Waals surface area contributed by atoms with Crippen LogP contribution in [0.5, 0.6) is 0 Å². The predicted molar refractivity (Wildman–Crippen MR) is 44.8 cm³/mol. The molecule has 0 unspecified atom stereocenters. The van der Waals surface area contributed by atoms with E-state index in [1.165, 1.54) is 12.0 Å². The number of allylic oxidation sites excluding steroid dienone is 1. The molecule has 1 rings (SSSR count). The van der Waals surface area contributed by atoms with Crippen LogP contribution in [0, 0.1) is 5.92 Å². The van der Waals surface area contributed by atoms with E-state index in [1.54, 1.807) is 0 Å². The smallest absolute Gasteiger partial charge is 0.0281 e. The minimum atomic E-state index is 0.712. The third kappa shape index (κ3) is 1.34. The topological polar surface area (TPSA) is 3.24 Å². The summed E-state index contributed by atoms with van der Waals surface area (Å²) in [5.74, 6) is 0.815. The van der Waals surface area contributed by atoms with Crippen molar-refractivity contribution < 1.29 is 0 Å². The molecule has 10 heavy (non-hydrogen) atoms. The van der Waals surface area contributed by atoms with Gasteiger partial charge in [-0.05, 0) is 32.4 Å². The molecule has 0 aromatic heterocycles. The van der Waals surface area contributed by atoms with Crippen LogP contribution in [0.3, 0.4) is 0 Å². The van der Waals surface area contributed by atoms with Crippen molar-refractivity contribution in [3.63, 3.8) is 0 Å². The molecule has 58 valence electrons.